The number of hydrogen-bond donors (Lipinski definition) is 1. The van der Waals surface area contributed by atoms with Crippen LogP contribution in [-0.4, -0.2) is 33.0 Å². The van der Waals surface area contributed by atoms with Gasteiger partial charge in [0.2, 0.25) is 5.91 Å². The summed E-state index contributed by atoms with van der Waals surface area (Å²) in [4.78, 5) is 32.1. The second-order valence-electron chi connectivity index (χ2n) is 5.37. The summed E-state index contributed by atoms with van der Waals surface area (Å²) < 4.78 is 6.62. The van der Waals surface area contributed by atoms with Crippen molar-refractivity contribution in [2.24, 2.45) is 0 Å². The van der Waals surface area contributed by atoms with E-state index >= 15 is 0 Å². The molecule has 0 fully saturated rings. The quantitative estimate of drug-likeness (QED) is 0.698. The van der Waals surface area contributed by atoms with Crippen molar-refractivity contribution in [3.8, 4) is 5.82 Å². The number of amides is 1. The normalized spacial score (nSPS) is 10.6. The zero-order chi connectivity index (χ0) is 17.6. The number of para-hydroxylation sites is 1. The Morgan fingerprint density at radius 3 is 2.84 bits per heavy atom. The highest BCUT2D eigenvalue weighted by Gasteiger charge is 2.11. The summed E-state index contributed by atoms with van der Waals surface area (Å²) in [5.41, 5.74) is 1.28. The summed E-state index contributed by atoms with van der Waals surface area (Å²) >= 11 is 0. The Bertz CT molecular complexity index is 890. The van der Waals surface area contributed by atoms with E-state index in [1.54, 1.807) is 36.3 Å². The van der Waals surface area contributed by atoms with Crippen LogP contribution in [0.4, 0.5) is 5.69 Å². The van der Waals surface area contributed by atoms with Gasteiger partial charge in [-0.1, -0.05) is 12.1 Å². The van der Waals surface area contributed by atoms with Gasteiger partial charge in [0.25, 0.3) is 0 Å². The third-order valence-corrected chi connectivity index (χ3v) is 3.61. The van der Waals surface area contributed by atoms with E-state index in [1.165, 1.54) is 0 Å². The van der Waals surface area contributed by atoms with Crippen molar-refractivity contribution < 1.29 is 14.3 Å². The Balaban J connectivity index is 1.80. The molecule has 0 radical (unpaired) electrons. The van der Waals surface area contributed by atoms with Gasteiger partial charge in [-0.15, -0.1) is 0 Å². The number of carbonyl (C=O) groups is 2. The van der Waals surface area contributed by atoms with Crippen LogP contribution in [0.3, 0.4) is 0 Å². The summed E-state index contributed by atoms with van der Waals surface area (Å²) in [5, 5.41) is 3.73. The van der Waals surface area contributed by atoms with Gasteiger partial charge in [0.15, 0.2) is 0 Å². The minimum absolute atomic E-state index is 0.0537. The number of esters is 1. The number of imidazole rings is 1. The minimum atomic E-state index is -0.379. The number of hydrogen-bond acceptors (Lipinski definition) is 5. The number of carbonyl (C=O) groups excluding carboxylic acids is 2. The molecule has 25 heavy (non-hydrogen) atoms. The SMILES string of the molecule is CCOC(=O)CCC(=O)Nc1cccc2ccc(-n3ccnc3)nc12. The zero-order valence-electron chi connectivity index (χ0n) is 13.8. The number of rotatable bonds is 6. The van der Waals surface area contributed by atoms with E-state index in [2.05, 4.69) is 15.3 Å². The van der Waals surface area contributed by atoms with Gasteiger partial charge >= 0.3 is 5.97 Å². The predicted molar refractivity (Wildman–Crippen MR) is 93.4 cm³/mol. The first-order valence-electron chi connectivity index (χ1n) is 8.01. The van der Waals surface area contributed by atoms with E-state index in [4.69, 9.17) is 4.74 Å². The molecule has 2 heterocycles. The van der Waals surface area contributed by atoms with E-state index < -0.39 is 0 Å². The molecular weight excluding hydrogens is 320 g/mol. The van der Waals surface area contributed by atoms with E-state index in [0.717, 1.165) is 5.39 Å². The van der Waals surface area contributed by atoms with Crippen LogP contribution in [0.2, 0.25) is 0 Å². The summed E-state index contributed by atoms with van der Waals surface area (Å²) in [7, 11) is 0. The molecule has 3 aromatic rings. The lowest BCUT2D eigenvalue weighted by atomic mass is 10.2. The smallest absolute Gasteiger partial charge is 0.306 e. The van der Waals surface area contributed by atoms with Gasteiger partial charge in [-0.2, -0.15) is 0 Å². The Morgan fingerprint density at radius 2 is 2.08 bits per heavy atom. The lowest BCUT2D eigenvalue weighted by Gasteiger charge is -2.10. The Labute approximate surface area is 144 Å². The van der Waals surface area contributed by atoms with E-state index in [1.807, 2.05) is 24.3 Å². The monoisotopic (exact) mass is 338 g/mol. The second kappa shape index (κ2) is 7.57. The first-order valence-corrected chi connectivity index (χ1v) is 8.01. The van der Waals surface area contributed by atoms with Crippen molar-refractivity contribution in [1.29, 1.82) is 0 Å². The molecule has 7 heteroatoms. The first kappa shape index (κ1) is 16.6. The van der Waals surface area contributed by atoms with Crippen LogP contribution in [0, 0.1) is 0 Å². The number of pyridine rings is 1. The molecule has 0 aliphatic carbocycles. The average molecular weight is 338 g/mol. The average Bonchev–Trinajstić information content (AvgIpc) is 3.15. The van der Waals surface area contributed by atoms with Gasteiger partial charge in [0.1, 0.15) is 12.1 Å². The molecule has 0 bridgehead atoms. The van der Waals surface area contributed by atoms with Crippen LogP contribution >= 0.6 is 0 Å². The van der Waals surface area contributed by atoms with Crippen molar-refractivity contribution in [2.75, 3.05) is 11.9 Å². The maximum Gasteiger partial charge on any atom is 0.306 e. The fourth-order valence-electron chi connectivity index (χ4n) is 2.44. The number of nitrogens with one attached hydrogen (secondary N) is 1. The zero-order valence-corrected chi connectivity index (χ0v) is 13.8. The molecule has 3 rings (SSSR count). The fraction of sp³-hybridized carbons (Fsp3) is 0.222. The lowest BCUT2D eigenvalue weighted by molar-refractivity contribution is -0.144. The molecule has 2 aromatic heterocycles. The topological polar surface area (TPSA) is 86.1 Å². The Morgan fingerprint density at radius 1 is 1.20 bits per heavy atom. The van der Waals surface area contributed by atoms with Crippen LogP contribution in [0.1, 0.15) is 19.8 Å². The number of anilines is 1. The molecule has 0 aliphatic heterocycles. The van der Waals surface area contributed by atoms with E-state index in [-0.39, 0.29) is 24.7 Å². The summed E-state index contributed by atoms with van der Waals surface area (Å²) in [6.45, 7) is 2.04. The van der Waals surface area contributed by atoms with Crippen molar-refractivity contribution >= 4 is 28.5 Å². The fourth-order valence-corrected chi connectivity index (χ4v) is 2.44. The molecule has 0 saturated carbocycles. The Hall–Kier alpha value is -3.22. The minimum Gasteiger partial charge on any atom is -0.466 e. The summed E-state index contributed by atoms with van der Waals surface area (Å²) in [5.74, 6) is 0.0738. The van der Waals surface area contributed by atoms with Crippen molar-refractivity contribution in [3.05, 3.63) is 49.1 Å². The standard InChI is InChI=1S/C18H18N4O3/c1-2-25-17(24)9-8-16(23)20-14-5-3-4-13-6-7-15(21-18(13)14)22-11-10-19-12-22/h3-7,10-12H,2,8-9H2,1H3,(H,20,23). The van der Waals surface area contributed by atoms with E-state index in [0.29, 0.717) is 23.6 Å². The molecule has 7 nitrogen and oxygen atoms in total. The Kier molecular flexibility index (Phi) is 5.03. The largest absolute Gasteiger partial charge is 0.466 e. The number of ether oxygens (including phenoxy) is 1. The molecule has 128 valence electrons. The molecule has 1 N–H and O–H groups in total. The number of aromatic nitrogens is 3. The molecule has 1 amide bonds. The number of nitrogens with zero attached hydrogens (tertiary/aromatic N) is 3. The maximum atomic E-state index is 12.1. The molecule has 1 aromatic carbocycles. The highest BCUT2D eigenvalue weighted by molar-refractivity contribution is 6.01. The van der Waals surface area contributed by atoms with Crippen LogP contribution < -0.4 is 5.32 Å². The molecule has 0 aliphatic rings. The summed E-state index contributed by atoms with van der Waals surface area (Å²) in [6.07, 6.45) is 5.26. The van der Waals surface area contributed by atoms with Crippen molar-refractivity contribution in [3.63, 3.8) is 0 Å². The molecular formula is C18H18N4O3. The van der Waals surface area contributed by atoms with Gasteiger partial charge in [-0.3, -0.25) is 14.2 Å². The summed E-state index contributed by atoms with van der Waals surface area (Å²) in [6, 6.07) is 9.38. The number of benzene rings is 1. The van der Waals surface area contributed by atoms with Crippen LogP contribution in [0.15, 0.2) is 49.1 Å². The van der Waals surface area contributed by atoms with Gasteiger partial charge in [-0.05, 0) is 25.1 Å². The third kappa shape index (κ3) is 4.00. The van der Waals surface area contributed by atoms with Crippen LogP contribution in [0.25, 0.3) is 16.7 Å². The number of fused-ring (bicyclic) bond motifs is 1. The van der Waals surface area contributed by atoms with Crippen molar-refractivity contribution in [2.45, 2.75) is 19.8 Å². The van der Waals surface area contributed by atoms with Gasteiger partial charge in [0, 0.05) is 24.2 Å². The molecule has 0 atom stereocenters. The lowest BCUT2D eigenvalue weighted by Crippen LogP contribution is -2.15. The highest BCUT2D eigenvalue weighted by atomic mass is 16.5. The van der Waals surface area contributed by atoms with Crippen molar-refractivity contribution in [1.82, 2.24) is 14.5 Å². The second-order valence-corrected chi connectivity index (χ2v) is 5.37. The van der Waals surface area contributed by atoms with E-state index in [9.17, 15) is 9.59 Å². The highest BCUT2D eigenvalue weighted by Crippen LogP contribution is 2.23. The molecule has 0 saturated heterocycles. The van der Waals surface area contributed by atoms with Crippen LogP contribution in [0.5, 0.6) is 0 Å². The van der Waals surface area contributed by atoms with Gasteiger partial charge in [-0.25, -0.2) is 9.97 Å². The maximum absolute atomic E-state index is 12.1. The van der Waals surface area contributed by atoms with Gasteiger partial charge < -0.3 is 10.1 Å². The molecule has 0 spiro atoms. The third-order valence-electron chi connectivity index (χ3n) is 3.61. The molecule has 0 unspecified atom stereocenters. The predicted octanol–water partition coefficient (Wildman–Crippen LogP) is 2.70. The first-order chi connectivity index (χ1) is 12.2. The van der Waals surface area contributed by atoms with Gasteiger partial charge in [0.05, 0.1) is 24.2 Å². The van der Waals surface area contributed by atoms with Crippen LogP contribution in [-0.2, 0) is 14.3 Å².